The van der Waals surface area contributed by atoms with Crippen LogP contribution in [0.1, 0.15) is 12.8 Å². The van der Waals surface area contributed by atoms with Crippen LogP contribution in [-0.4, -0.2) is 37.6 Å². The number of methoxy groups -OCH3 is 1. The summed E-state index contributed by atoms with van der Waals surface area (Å²) in [7, 11) is 1.62. The fourth-order valence-electron chi connectivity index (χ4n) is 2.25. The van der Waals surface area contributed by atoms with E-state index in [1.54, 1.807) is 7.11 Å². The largest absolute Gasteiger partial charge is 0.497 e. The minimum atomic E-state index is -0.0107. The van der Waals surface area contributed by atoms with Gasteiger partial charge in [-0.25, -0.2) is 0 Å². The summed E-state index contributed by atoms with van der Waals surface area (Å²) in [6, 6.07) is 7.39. The molecule has 0 radical (unpaired) electrons. The van der Waals surface area contributed by atoms with Gasteiger partial charge in [-0.3, -0.25) is 4.79 Å². The van der Waals surface area contributed by atoms with Crippen molar-refractivity contribution in [2.24, 2.45) is 5.92 Å². The molecule has 0 aliphatic carbocycles. The molecule has 0 bridgehead atoms. The summed E-state index contributed by atoms with van der Waals surface area (Å²) in [6.45, 7) is 1.30. The number of benzene rings is 1. The summed E-state index contributed by atoms with van der Waals surface area (Å²) in [6.07, 6.45) is 2.52. The lowest BCUT2D eigenvalue weighted by atomic mass is 10.0. The van der Waals surface area contributed by atoms with Crippen molar-refractivity contribution in [2.75, 3.05) is 37.0 Å². The zero-order valence-electron chi connectivity index (χ0n) is 11.9. The number of hydrogen-bond donors (Lipinski definition) is 2. The zero-order chi connectivity index (χ0) is 14.2. The molecule has 0 saturated carbocycles. The molecule has 20 heavy (non-hydrogen) atoms. The van der Waals surface area contributed by atoms with E-state index in [2.05, 4.69) is 10.6 Å². The van der Waals surface area contributed by atoms with E-state index in [4.69, 9.17) is 4.74 Å². The first-order valence-corrected chi connectivity index (χ1v) is 8.16. The van der Waals surface area contributed by atoms with Crippen LogP contribution < -0.4 is 15.4 Å². The lowest BCUT2D eigenvalue weighted by Gasteiger charge is -2.21. The Labute approximate surface area is 124 Å². The second-order valence-corrected chi connectivity index (χ2v) is 6.19. The summed E-state index contributed by atoms with van der Waals surface area (Å²) in [5.41, 5.74) is 0.769. The molecule has 1 amide bonds. The number of nitrogens with one attached hydrogen (secondary N) is 2. The van der Waals surface area contributed by atoms with E-state index in [1.807, 2.05) is 36.0 Å². The number of ether oxygens (including phenoxy) is 1. The lowest BCUT2D eigenvalue weighted by molar-refractivity contribution is -0.115. The van der Waals surface area contributed by atoms with Crippen molar-refractivity contribution in [3.05, 3.63) is 24.3 Å². The second kappa shape index (κ2) is 8.17. The fourth-order valence-corrected chi connectivity index (χ4v) is 3.45. The van der Waals surface area contributed by atoms with Gasteiger partial charge >= 0.3 is 0 Å². The molecule has 0 atom stereocenters. The normalized spacial score (nSPS) is 15.8. The van der Waals surface area contributed by atoms with E-state index in [0.29, 0.717) is 6.54 Å². The standard InChI is InChI=1S/C15H22N2O2S/c1-19-14-4-2-3-13(9-14)17-15(18)11-16-10-12-5-7-20-8-6-12/h2-4,9,12,16H,5-8,10-11H2,1H3,(H,17,18). The molecule has 1 saturated heterocycles. The van der Waals surface area contributed by atoms with Gasteiger partial charge in [-0.1, -0.05) is 6.07 Å². The van der Waals surface area contributed by atoms with Crippen molar-refractivity contribution in [3.8, 4) is 5.75 Å². The molecule has 1 fully saturated rings. The Kier molecular flexibility index (Phi) is 6.21. The van der Waals surface area contributed by atoms with E-state index in [1.165, 1.54) is 24.3 Å². The maximum atomic E-state index is 11.8. The predicted molar refractivity (Wildman–Crippen MR) is 84.5 cm³/mol. The molecule has 1 aliphatic rings. The quantitative estimate of drug-likeness (QED) is 0.846. The van der Waals surface area contributed by atoms with Crippen LogP contribution in [0.25, 0.3) is 0 Å². The molecule has 1 aromatic rings. The molecule has 0 spiro atoms. The lowest BCUT2D eigenvalue weighted by Crippen LogP contribution is -2.32. The van der Waals surface area contributed by atoms with E-state index in [-0.39, 0.29) is 5.91 Å². The number of carbonyl (C=O) groups excluding carboxylic acids is 1. The van der Waals surface area contributed by atoms with E-state index >= 15 is 0 Å². The Balaban J connectivity index is 1.69. The van der Waals surface area contributed by atoms with Gasteiger partial charge in [-0.05, 0) is 48.9 Å². The van der Waals surface area contributed by atoms with Crippen LogP contribution in [0.3, 0.4) is 0 Å². The highest BCUT2D eigenvalue weighted by molar-refractivity contribution is 7.99. The third-order valence-electron chi connectivity index (χ3n) is 3.41. The number of carbonyl (C=O) groups is 1. The smallest absolute Gasteiger partial charge is 0.238 e. The van der Waals surface area contributed by atoms with Crippen LogP contribution in [-0.2, 0) is 4.79 Å². The third kappa shape index (κ3) is 5.06. The summed E-state index contributed by atoms with van der Waals surface area (Å²) in [4.78, 5) is 11.8. The molecule has 0 unspecified atom stereocenters. The Morgan fingerprint density at radius 3 is 2.95 bits per heavy atom. The topological polar surface area (TPSA) is 50.4 Å². The highest BCUT2D eigenvalue weighted by Gasteiger charge is 2.13. The average Bonchev–Trinajstić information content (AvgIpc) is 2.48. The Morgan fingerprint density at radius 2 is 2.20 bits per heavy atom. The van der Waals surface area contributed by atoms with Gasteiger partial charge in [0.1, 0.15) is 5.75 Å². The highest BCUT2D eigenvalue weighted by atomic mass is 32.2. The van der Waals surface area contributed by atoms with Crippen molar-refractivity contribution < 1.29 is 9.53 Å². The van der Waals surface area contributed by atoms with Crippen LogP contribution in [0.15, 0.2) is 24.3 Å². The van der Waals surface area contributed by atoms with E-state index < -0.39 is 0 Å². The number of anilines is 1. The molecule has 4 nitrogen and oxygen atoms in total. The molecule has 0 aromatic heterocycles. The SMILES string of the molecule is COc1cccc(NC(=O)CNCC2CCSCC2)c1. The molecule has 1 aromatic carbocycles. The fraction of sp³-hybridized carbons (Fsp3) is 0.533. The van der Waals surface area contributed by atoms with Gasteiger partial charge < -0.3 is 15.4 Å². The molecule has 1 heterocycles. The average molecular weight is 294 g/mol. The van der Waals surface area contributed by atoms with Crippen LogP contribution >= 0.6 is 11.8 Å². The molecular formula is C15H22N2O2S. The number of hydrogen-bond acceptors (Lipinski definition) is 4. The number of amides is 1. The summed E-state index contributed by atoms with van der Waals surface area (Å²) in [5.74, 6) is 3.96. The summed E-state index contributed by atoms with van der Waals surface area (Å²) >= 11 is 2.02. The van der Waals surface area contributed by atoms with Crippen LogP contribution in [0.5, 0.6) is 5.75 Å². The van der Waals surface area contributed by atoms with Gasteiger partial charge in [0.15, 0.2) is 0 Å². The third-order valence-corrected chi connectivity index (χ3v) is 4.46. The summed E-state index contributed by atoms with van der Waals surface area (Å²) in [5, 5.41) is 6.12. The van der Waals surface area contributed by atoms with Gasteiger partial charge in [-0.15, -0.1) is 0 Å². The number of thioether (sulfide) groups is 1. The number of rotatable bonds is 6. The Morgan fingerprint density at radius 1 is 1.40 bits per heavy atom. The molecule has 110 valence electrons. The second-order valence-electron chi connectivity index (χ2n) is 4.97. The molecule has 1 aliphatic heterocycles. The zero-order valence-corrected chi connectivity index (χ0v) is 12.7. The van der Waals surface area contributed by atoms with Gasteiger partial charge in [0.2, 0.25) is 5.91 Å². The monoisotopic (exact) mass is 294 g/mol. The highest BCUT2D eigenvalue weighted by Crippen LogP contribution is 2.21. The predicted octanol–water partition coefficient (Wildman–Crippen LogP) is 2.37. The molecule has 2 N–H and O–H groups in total. The summed E-state index contributed by atoms with van der Waals surface area (Å²) < 4.78 is 5.13. The van der Waals surface area contributed by atoms with Crippen molar-refractivity contribution in [3.63, 3.8) is 0 Å². The maximum Gasteiger partial charge on any atom is 0.238 e. The van der Waals surface area contributed by atoms with E-state index in [0.717, 1.165) is 23.9 Å². The van der Waals surface area contributed by atoms with Crippen molar-refractivity contribution in [1.29, 1.82) is 0 Å². The van der Waals surface area contributed by atoms with Gasteiger partial charge in [0.05, 0.1) is 13.7 Å². The van der Waals surface area contributed by atoms with Gasteiger partial charge in [-0.2, -0.15) is 11.8 Å². The molecular weight excluding hydrogens is 272 g/mol. The van der Waals surface area contributed by atoms with Crippen LogP contribution in [0, 0.1) is 5.92 Å². The van der Waals surface area contributed by atoms with Crippen molar-refractivity contribution >= 4 is 23.4 Å². The van der Waals surface area contributed by atoms with Gasteiger partial charge in [0, 0.05) is 11.8 Å². The van der Waals surface area contributed by atoms with Gasteiger partial charge in [0.25, 0.3) is 0 Å². The Hall–Kier alpha value is -1.20. The Bertz CT molecular complexity index is 434. The van der Waals surface area contributed by atoms with Crippen molar-refractivity contribution in [2.45, 2.75) is 12.8 Å². The van der Waals surface area contributed by atoms with E-state index in [9.17, 15) is 4.79 Å². The first kappa shape index (κ1) is 15.2. The minimum Gasteiger partial charge on any atom is -0.497 e. The molecule has 2 rings (SSSR count). The van der Waals surface area contributed by atoms with Crippen LogP contribution in [0.2, 0.25) is 0 Å². The molecule has 5 heteroatoms. The maximum absolute atomic E-state index is 11.8. The minimum absolute atomic E-state index is 0.0107. The van der Waals surface area contributed by atoms with Crippen molar-refractivity contribution in [1.82, 2.24) is 5.32 Å². The first-order valence-electron chi connectivity index (χ1n) is 7.00. The first-order chi connectivity index (χ1) is 9.78. The van der Waals surface area contributed by atoms with Crippen LogP contribution in [0.4, 0.5) is 5.69 Å².